The van der Waals surface area contributed by atoms with Gasteiger partial charge in [-0.25, -0.2) is 5.84 Å². The van der Waals surface area contributed by atoms with Crippen LogP contribution in [-0.2, 0) is 0 Å². The standard InChI is InChI=1S/C5H9ClN6/c1-12(2)5-9-3(6)8-4(10-5)11-7/h7H2,1-2H3,(H,8,9,10,11). The SMILES string of the molecule is CN(C)c1nc(Cl)nc(NN)n1. The highest BCUT2D eigenvalue weighted by atomic mass is 35.5. The van der Waals surface area contributed by atoms with E-state index in [-0.39, 0.29) is 11.2 Å². The molecule has 1 aromatic heterocycles. The van der Waals surface area contributed by atoms with Crippen LogP contribution in [0.4, 0.5) is 11.9 Å². The van der Waals surface area contributed by atoms with Gasteiger partial charge in [0.15, 0.2) is 0 Å². The summed E-state index contributed by atoms with van der Waals surface area (Å²) in [5, 5.41) is 0.113. The van der Waals surface area contributed by atoms with E-state index >= 15 is 0 Å². The molecule has 0 atom stereocenters. The molecule has 0 spiro atoms. The minimum atomic E-state index is 0.113. The molecule has 1 heterocycles. The van der Waals surface area contributed by atoms with E-state index in [2.05, 4.69) is 20.4 Å². The number of nitrogens with zero attached hydrogens (tertiary/aromatic N) is 4. The van der Waals surface area contributed by atoms with Gasteiger partial charge in [0.2, 0.25) is 17.2 Å². The molecule has 0 fully saturated rings. The minimum absolute atomic E-state index is 0.113. The van der Waals surface area contributed by atoms with Crippen LogP contribution in [0, 0.1) is 0 Å². The van der Waals surface area contributed by atoms with Crippen molar-refractivity contribution in [2.24, 2.45) is 5.84 Å². The molecule has 0 radical (unpaired) electrons. The van der Waals surface area contributed by atoms with Crippen LogP contribution in [0.1, 0.15) is 0 Å². The zero-order valence-corrected chi connectivity index (χ0v) is 7.50. The Bertz CT molecular complexity index is 275. The fourth-order valence-electron chi connectivity index (χ4n) is 0.604. The van der Waals surface area contributed by atoms with Crippen LogP contribution in [0.2, 0.25) is 5.28 Å². The molecule has 3 N–H and O–H groups in total. The first-order valence-corrected chi connectivity index (χ1v) is 3.57. The van der Waals surface area contributed by atoms with Crippen molar-refractivity contribution in [2.45, 2.75) is 0 Å². The van der Waals surface area contributed by atoms with Gasteiger partial charge < -0.3 is 4.90 Å². The van der Waals surface area contributed by atoms with E-state index in [0.717, 1.165) is 0 Å². The summed E-state index contributed by atoms with van der Waals surface area (Å²) in [6.07, 6.45) is 0. The van der Waals surface area contributed by atoms with Crippen LogP contribution in [0.3, 0.4) is 0 Å². The first-order valence-electron chi connectivity index (χ1n) is 3.19. The van der Waals surface area contributed by atoms with Gasteiger partial charge in [-0.1, -0.05) is 0 Å². The second kappa shape index (κ2) is 3.51. The molecule has 0 saturated heterocycles. The van der Waals surface area contributed by atoms with Crippen molar-refractivity contribution in [2.75, 3.05) is 24.4 Å². The van der Waals surface area contributed by atoms with E-state index in [1.807, 2.05) is 0 Å². The summed E-state index contributed by atoms with van der Waals surface area (Å²) in [7, 11) is 3.60. The lowest BCUT2D eigenvalue weighted by Gasteiger charge is -2.10. The summed E-state index contributed by atoms with van der Waals surface area (Å²) in [5.41, 5.74) is 2.29. The lowest BCUT2D eigenvalue weighted by molar-refractivity contribution is 0.952. The van der Waals surface area contributed by atoms with Crippen LogP contribution in [0.5, 0.6) is 0 Å². The van der Waals surface area contributed by atoms with Gasteiger partial charge in [0.25, 0.3) is 0 Å². The smallest absolute Gasteiger partial charge is 0.243 e. The summed E-state index contributed by atoms with van der Waals surface area (Å²) < 4.78 is 0. The monoisotopic (exact) mass is 188 g/mol. The Kier molecular flexibility index (Phi) is 2.61. The highest BCUT2D eigenvalue weighted by Gasteiger charge is 2.04. The molecule has 7 heteroatoms. The number of anilines is 2. The van der Waals surface area contributed by atoms with Gasteiger partial charge >= 0.3 is 0 Å². The number of halogens is 1. The van der Waals surface area contributed by atoms with Crippen molar-refractivity contribution in [3.8, 4) is 0 Å². The molecule has 0 saturated carbocycles. The molecule has 1 aromatic rings. The highest BCUT2D eigenvalue weighted by molar-refractivity contribution is 6.28. The highest BCUT2D eigenvalue weighted by Crippen LogP contribution is 2.09. The Balaban J connectivity index is 3.06. The van der Waals surface area contributed by atoms with Gasteiger partial charge in [-0.15, -0.1) is 0 Å². The largest absolute Gasteiger partial charge is 0.347 e. The predicted molar refractivity (Wildman–Crippen MR) is 47.0 cm³/mol. The predicted octanol–water partition coefficient (Wildman–Crippen LogP) is -0.123. The normalized spacial score (nSPS) is 9.67. The number of nitrogens with one attached hydrogen (secondary N) is 1. The summed E-state index contributed by atoms with van der Waals surface area (Å²) in [4.78, 5) is 13.2. The maximum atomic E-state index is 5.59. The van der Waals surface area contributed by atoms with Gasteiger partial charge in [-0.2, -0.15) is 15.0 Å². The molecular formula is C5H9ClN6. The Hall–Kier alpha value is -1.14. The van der Waals surface area contributed by atoms with Gasteiger partial charge in [-0.05, 0) is 11.6 Å². The number of nitrogens with two attached hydrogens (primary N) is 1. The van der Waals surface area contributed by atoms with E-state index in [0.29, 0.717) is 5.95 Å². The summed E-state index contributed by atoms with van der Waals surface area (Å²) in [6.45, 7) is 0. The number of aromatic nitrogens is 3. The molecule has 0 aliphatic rings. The van der Waals surface area contributed by atoms with Crippen LogP contribution in [0.25, 0.3) is 0 Å². The lowest BCUT2D eigenvalue weighted by Crippen LogP contribution is -2.17. The van der Waals surface area contributed by atoms with Gasteiger partial charge in [0.1, 0.15) is 0 Å². The molecule has 0 aromatic carbocycles. The molecule has 0 unspecified atom stereocenters. The lowest BCUT2D eigenvalue weighted by atomic mass is 10.8. The number of hydrazine groups is 1. The summed E-state index contributed by atoms with van der Waals surface area (Å²) >= 11 is 5.59. The molecule has 0 amide bonds. The zero-order chi connectivity index (χ0) is 9.14. The molecular weight excluding hydrogens is 180 g/mol. The van der Waals surface area contributed by atoms with Crippen LogP contribution in [0.15, 0.2) is 0 Å². The quantitative estimate of drug-likeness (QED) is 0.498. The molecule has 0 bridgehead atoms. The fraction of sp³-hybridized carbons (Fsp3) is 0.400. The Morgan fingerprint density at radius 3 is 2.50 bits per heavy atom. The molecule has 66 valence electrons. The van der Waals surface area contributed by atoms with E-state index in [4.69, 9.17) is 17.4 Å². The Labute approximate surface area is 74.7 Å². The molecule has 0 aliphatic carbocycles. The van der Waals surface area contributed by atoms with Crippen molar-refractivity contribution in [3.63, 3.8) is 0 Å². The van der Waals surface area contributed by atoms with Crippen molar-refractivity contribution >= 4 is 23.5 Å². The number of hydrogen-bond donors (Lipinski definition) is 2. The maximum absolute atomic E-state index is 5.59. The first kappa shape index (κ1) is 8.95. The second-order valence-corrected chi connectivity index (χ2v) is 2.60. The van der Waals surface area contributed by atoms with E-state index in [1.54, 1.807) is 19.0 Å². The molecule has 0 aliphatic heterocycles. The van der Waals surface area contributed by atoms with Gasteiger partial charge in [0, 0.05) is 14.1 Å². The fourth-order valence-corrected chi connectivity index (χ4v) is 0.760. The van der Waals surface area contributed by atoms with Crippen LogP contribution in [-0.4, -0.2) is 29.0 Å². The third kappa shape index (κ3) is 1.93. The Morgan fingerprint density at radius 1 is 1.33 bits per heavy atom. The average Bonchev–Trinajstić information content (AvgIpc) is 2.03. The summed E-state index contributed by atoms with van der Waals surface area (Å²) in [6, 6.07) is 0. The molecule has 6 nitrogen and oxygen atoms in total. The van der Waals surface area contributed by atoms with Gasteiger partial charge in [-0.3, -0.25) is 5.43 Å². The number of rotatable bonds is 2. The second-order valence-electron chi connectivity index (χ2n) is 2.27. The third-order valence-electron chi connectivity index (χ3n) is 1.13. The van der Waals surface area contributed by atoms with Crippen molar-refractivity contribution in [1.82, 2.24) is 15.0 Å². The summed E-state index contributed by atoms with van der Waals surface area (Å²) in [5.74, 6) is 5.82. The Morgan fingerprint density at radius 2 is 2.00 bits per heavy atom. The van der Waals surface area contributed by atoms with Crippen LogP contribution >= 0.6 is 11.6 Å². The van der Waals surface area contributed by atoms with Crippen LogP contribution < -0.4 is 16.2 Å². The molecule has 12 heavy (non-hydrogen) atoms. The van der Waals surface area contributed by atoms with E-state index < -0.39 is 0 Å². The number of nitrogen functional groups attached to an aromatic ring is 1. The topological polar surface area (TPSA) is 80.0 Å². The van der Waals surface area contributed by atoms with Crippen molar-refractivity contribution < 1.29 is 0 Å². The zero-order valence-electron chi connectivity index (χ0n) is 6.74. The van der Waals surface area contributed by atoms with E-state index in [1.165, 1.54) is 0 Å². The average molecular weight is 189 g/mol. The maximum Gasteiger partial charge on any atom is 0.243 e. The minimum Gasteiger partial charge on any atom is -0.347 e. The third-order valence-corrected chi connectivity index (χ3v) is 1.29. The van der Waals surface area contributed by atoms with Crippen molar-refractivity contribution in [1.29, 1.82) is 0 Å². The van der Waals surface area contributed by atoms with Crippen molar-refractivity contribution in [3.05, 3.63) is 5.28 Å². The van der Waals surface area contributed by atoms with Gasteiger partial charge in [0.05, 0.1) is 0 Å². The van der Waals surface area contributed by atoms with E-state index in [9.17, 15) is 0 Å². The molecule has 1 rings (SSSR count). The first-order chi connectivity index (χ1) is 5.63. The number of hydrogen-bond acceptors (Lipinski definition) is 6.